The molecular formula is C20H22O3. The van der Waals surface area contributed by atoms with Gasteiger partial charge in [0.05, 0.1) is 12.2 Å². The van der Waals surface area contributed by atoms with E-state index in [2.05, 4.69) is 20.8 Å². The first kappa shape index (κ1) is 15.8. The molecule has 2 aromatic rings. The number of hydrogen-bond acceptors (Lipinski definition) is 3. The van der Waals surface area contributed by atoms with Crippen LogP contribution in [0.5, 0.6) is 5.75 Å². The van der Waals surface area contributed by atoms with Crippen LogP contribution in [-0.4, -0.2) is 25.1 Å². The lowest BCUT2D eigenvalue weighted by Crippen LogP contribution is -2.12. The zero-order chi connectivity index (χ0) is 16.4. The molecule has 0 saturated carbocycles. The topological polar surface area (TPSA) is 38.8 Å². The molecule has 3 nitrogen and oxygen atoms in total. The fourth-order valence-corrected chi connectivity index (χ4v) is 2.40. The summed E-state index contributed by atoms with van der Waals surface area (Å²) in [5, 5.41) is 0. The van der Waals surface area contributed by atoms with Gasteiger partial charge in [0.2, 0.25) is 0 Å². The summed E-state index contributed by atoms with van der Waals surface area (Å²) in [5.41, 5.74) is 2.56. The predicted octanol–water partition coefficient (Wildman–Crippen LogP) is 3.99. The predicted molar refractivity (Wildman–Crippen MR) is 90.3 cm³/mol. The molecule has 1 aliphatic heterocycles. The maximum absolute atomic E-state index is 12.8. The van der Waals surface area contributed by atoms with E-state index in [1.54, 1.807) is 0 Å². The second kappa shape index (κ2) is 6.17. The van der Waals surface area contributed by atoms with E-state index in [4.69, 9.17) is 9.47 Å². The average Bonchev–Trinajstić information content (AvgIpc) is 3.36. The van der Waals surface area contributed by atoms with Crippen molar-refractivity contribution in [1.82, 2.24) is 0 Å². The molecule has 120 valence electrons. The van der Waals surface area contributed by atoms with Crippen LogP contribution >= 0.6 is 0 Å². The van der Waals surface area contributed by atoms with Crippen LogP contribution in [0.15, 0.2) is 48.5 Å². The van der Waals surface area contributed by atoms with Crippen LogP contribution in [0.25, 0.3) is 0 Å². The van der Waals surface area contributed by atoms with E-state index in [0.717, 1.165) is 6.61 Å². The molecule has 0 aliphatic carbocycles. The maximum Gasteiger partial charge on any atom is 0.196 e. The van der Waals surface area contributed by atoms with Crippen molar-refractivity contribution in [3.63, 3.8) is 0 Å². The molecule has 1 atom stereocenters. The van der Waals surface area contributed by atoms with E-state index in [1.165, 1.54) is 5.56 Å². The summed E-state index contributed by atoms with van der Waals surface area (Å²) in [6, 6.07) is 15.2. The quantitative estimate of drug-likeness (QED) is 0.619. The highest BCUT2D eigenvalue weighted by Gasteiger charge is 2.24. The fourth-order valence-electron chi connectivity index (χ4n) is 2.40. The highest BCUT2D eigenvalue weighted by Crippen LogP contribution is 2.26. The summed E-state index contributed by atoms with van der Waals surface area (Å²) in [6.07, 6.45) is 0.171. The van der Waals surface area contributed by atoms with Crippen molar-refractivity contribution in [2.75, 3.05) is 13.2 Å². The minimum absolute atomic E-state index is 0.0159. The molecule has 0 radical (unpaired) electrons. The summed E-state index contributed by atoms with van der Waals surface area (Å²) in [7, 11) is 0. The molecule has 0 bridgehead atoms. The highest BCUT2D eigenvalue weighted by atomic mass is 16.6. The Morgan fingerprint density at radius 3 is 2.39 bits per heavy atom. The van der Waals surface area contributed by atoms with Gasteiger partial charge in [-0.3, -0.25) is 4.79 Å². The molecule has 1 saturated heterocycles. The summed E-state index contributed by atoms with van der Waals surface area (Å²) in [6.45, 7) is 7.71. The molecule has 23 heavy (non-hydrogen) atoms. The van der Waals surface area contributed by atoms with E-state index in [1.807, 2.05) is 48.5 Å². The van der Waals surface area contributed by atoms with Crippen molar-refractivity contribution >= 4 is 5.78 Å². The first-order valence-corrected chi connectivity index (χ1v) is 7.94. The lowest BCUT2D eigenvalue weighted by Gasteiger charge is -2.19. The smallest absolute Gasteiger partial charge is 0.196 e. The van der Waals surface area contributed by atoms with Crippen molar-refractivity contribution in [2.24, 2.45) is 0 Å². The zero-order valence-corrected chi connectivity index (χ0v) is 13.8. The van der Waals surface area contributed by atoms with Crippen LogP contribution < -0.4 is 4.74 Å². The summed E-state index contributed by atoms with van der Waals surface area (Å²) < 4.78 is 10.9. The van der Waals surface area contributed by atoms with Gasteiger partial charge in [0.25, 0.3) is 0 Å². The second-order valence-electron chi connectivity index (χ2n) is 6.92. The lowest BCUT2D eigenvalue weighted by atomic mass is 9.86. The van der Waals surface area contributed by atoms with Gasteiger partial charge in [-0.25, -0.2) is 0 Å². The highest BCUT2D eigenvalue weighted by molar-refractivity contribution is 6.10. The molecular weight excluding hydrogens is 288 g/mol. The molecule has 3 rings (SSSR count). The van der Waals surface area contributed by atoms with Crippen LogP contribution in [0.4, 0.5) is 0 Å². The van der Waals surface area contributed by atoms with E-state index in [-0.39, 0.29) is 17.3 Å². The third-order valence-corrected chi connectivity index (χ3v) is 3.97. The number of ether oxygens (including phenoxy) is 2. The van der Waals surface area contributed by atoms with Gasteiger partial charge >= 0.3 is 0 Å². The van der Waals surface area contributed by atoms with Gasteiger partial charge < -0.3 is 9.47 Å². The minimum atomic E-state index is -0.0159. The third-order valence-electron chi connectivity index (χ3n) is 3.97. The Balaban J connectivity index is 1.82. The van der Waals surface area contributed by atoms with Crippen molar-refractivity contribution in [3.8, 4) is 5.75 Å². The third kappa shape index (κ3) is 3.80. The Labute approximate surface area is 137 Å². The van der Waals surface area contributed by atoms with Crippen LogP contribution in [0.1, 0.15) is 42.3 Å². The molecule has 1 unspecified atom stereocenters. The lowest BCUT2D eigenvalue weighted by molar-refractivity contribution is 0.103. The first-order chi connectivity index (χ1) is 10.9. The second-order valence-corrected chi connectivity index (χ2v) is 6.92. The van der Waals surface area contributed by atoms with E-state index < -0.39 is 0 Å². The van der Waals surface area contributed by atoms with E-state index in [0.29, 0.717) is 23.5 Å². The molecule has 1 heterocycles. The Morgan fingerprint density at radius 2 is 1.78 bits per heavy atom. The van der Waals surface area contributed by atoms with Gasteiger partial charge in [0.1, 0.15) is 18.5 Å². The minimum Gasteiger partial charge on any atom is -0.490 e. The number of para-hydroxylation sites is 1. The summed E-state index contributed by atoms with van der Waals surface area (Å²) >= 11 is 0. The van der Waals surface area contributed by atoms with Crippen LogP contribution in [-0.2, 0) is 10.2 Å². The normalized spacial score (nSPS) is 16.9. The first-order valence-electron chi connectivity index (χ1n) is 7.94. The van der Waals surface area contributed by atoms with Crippen molar-refractivity contribution < 1.29 is 14.3 Å². The Hall–Kier alpha value is -2.13. The monoisotopic (exact) mass is 310 g/mol. The van der Waals surface area contributed by atoms with E-state index >= 15 is 0 Å². The Bertz CT molecular complexity index is 692. The van der Waals surface area contributed by atoms with Crippen molar-refractivity contribution in [1.29, 1.82) is 0 Å². The largest absolute Gasteiger partial charge is 0.490 e. The summed E-state index contributed by atoms with van der Waals surface area (Å²) in [5.74, 6) is 0.602. The standard InChI is InChI=1S/C20H22O3/c1-20(2,3)15-10-8-14(9-11-15)19(21)17-6-4-5-7-18(17)23-13-16-12-22-16/h4-11,16H,12-13H2,1-3H3. The van der Waals surface area contributed by atoms with Gasteiger partial charge in [-0.15, -0.1) is 0 Å². The summed E-state index contributed by atoms with van der Waals surface area (Å²) in [4.78, 5) is 12.8. The van der Waals surface area contributed by atoms with Crippen LogP contribution in [0, 0.1) is 0 Å². The fraction of sp³-hybridized carbons (Fsp3) is 0.350. The van der Waals surface area contributed by atoms with Crippen molar-refractivity contribution in [2.45, 2.75) is 32.3 Å². The molecule has 1 fully saturated rings. The number of hydrogen-bond donors (Lipinski definition) is 0. The number of benzene rings is 2. The number of carbonyl (C=O) groups is 1. The Kier molecular flexibility index (Phi) is 4.22. The number of epoxide rings is 1. The molecule has 1 aliphatic rings. The molecule has 0 N–H and O–H groups in total. The average molecular weight is 310 g/mol. The molecule has 0 spiro atoms. The van der Waals surface area contributed by atoms with Gasteiger partial charge in [0, 0.05) is 5.56 Å². The number of ketones is 1. The van der Waals surface area contributed by atoms with Crippen LogP contribution in [0.3, 0.4) is 0 Å². The van der Waals surface area contributed by atoms with Crippen molar-refractivity contribution in [3.05, 3.63) is 65.2 Å². The van der Waals surface area contributed by atoms with Gasteiger partial charge in [0.15, 0.2) is 5.78 Å². The van der Waals surface area contributed by atoms with Gasteiger partial charge in [-0.2, -0.15) is 0 Å². The van der Waals surface area contributed by atoms with Gasteiger partial charge in [-0.1, -0.05) is 57.2 Å². The number of carbonyl (C=O) groups excluding carboxylic acids is 1. The maximum atomic E-state index is 12.8. The zero-order valence-electron chi connectivity index (χ0n) is 13.8. The van der Waals surface area contributed by atoms with Gasteiger partial charge in [-0.05, 0) is 23.1 Å². The SMILES string of the molecule is CC(C)(C)c1ccc(C(=O)c2ccccc2OCC2CO2)cc1. The van der Waals surface area contributed by atoms with E-state index in [9.17, 15) is 4.79 Å². The molecule has 2 aromatic carbocycles. The number of rotatable bonds is 5. The Morgan fingerprint density at radius 1 is 1.13 bits per heavy atom. The molecule has 0 aromatic heterocycles. The molecule has 3 heteroatoms. The van der Waals surface area contributed by atoms with Crippen LogP contribution in [0.2, 0.25) is 0 Å². The molecule has 0 amide bonds.